The predicted molar refractivity (Wildman–Crippen MR) is 69.4 cm³/mol. The van der Waals surface area contributed by atoms with Crippen molar-refractivity contribution >= 4 is 21.6 Å². The van der Waals surface area contributed by atoms with Crippen molar-refractivity contribution < 1.29 is 9.66 Å². The van der Waals surface area contributed by atoms with E-state index in [0.717, 1.165) is 11.0 Å². The molecule has 0 fully saturated rings. The third-order valence-electron chi connectivity index (χ3n) is 2.20. The monoisotopic (exact) mass is 302 g/mol. The van der Waals surface area contributed by atoms with Gasteiger partial charge in [0.15, 0.2) is 0 Å². The van der Waals surface area contributed by atoms with Gasteiger partial charge in [0.05, 0.1) is 22.1 Å². The van der Waals surface area contributed by atoms with E-state index in [1.807, 2.05) is 14.0 Å². The van der Waals surface area contributed by atoms with Crippen LogP contribution < -0.4 is 10.1 Å². The average molecular weight is 303 g/mol. The second-order valence-corrected chi connectivity index (χ2v) is 4.70. The van der Waals surface area contributed by atoms with Gasteiger partial charge in [-0.05, 0) is 29.0 Å². The fourth-order valence-electron chi connectivity index (χ4n) is 1.36. The number of nitrogens with zero attached hydrogens (tertiary/aromatic N) is 1. The number of rotatable bonds is 6. The molecule has 0 saturated heterocycles. The van der Waals surface area contributed by atoms with Crippen molar-refractivity contribution in [3.05, 3.63) is 32.8 Å². The number of halogens is 1. The van der Waals surface area contributed by atoms with E-state index in [-0.39, 0.29) is 5.69 Å². The first-order valence-electron chi connectivity index (χ1n) is 5.26. The molecule has 0 spiro atoms. The van der Waals surface area contributed by atoms with Crippen LogP contribution in [0.3, 0.4) is 0 Å². The van der Waals surface area contributed by atoms with Gasteiger partial charge in [0.2, 0.25) is 0 Å². The minimum atomic E-state index is -0.434. The molecule has 5 nitrogen and oxygen atoms in total. The van der Waals surface area contributed by atoms with Gasteiger partial charge in [0.1, 0.15) is 5.75 Å². The van der Waals surface area contributed by atoms with E-state index < -0.39 is 4.92 Å². The summed E-state index contributed by atoms with van der Waals surface area (Å²) in [5.74, 6) is 0.841. The first-order chi connectivity index (χ1) is 8.04. The maximum Gasteiger partial charge on any atom is 0.273 e. The molecule has 0 bridgehead atoms. The van der Waals surface area contributed by atoms with Crippen molar-refractivity contribution in [2.75, 3.05) is 20.2 Å². The third-order valence-corrected chi connectivity index (χ3v) is 2.86. The SMILES string of the molecule is CNCC(C)COc1cc([N+](=O)[O-])ccc1Br. The van der Waals surface area contributed by atoms with Gasteiger partial charge in [-0.1, -0.05) is 6.92 Å². The van der Waals surface area contributed by atoms with Crippen LogP contribution in [0.15, 0.2) is 22.7 Å². The molecule has 0 amide bonds. The molecule has 17 heavy (non-hydrogen) atoms. The number of ether oxygens (including phenoxy) is 1. The Hall–Kier alpha value is -1.14. The summed E-state index contributed by atoms with van der Waals surface area (Å²) < 4.78 is 6.27. The molecule has 0 saturated carbocycles. The highest BCUT2D eigenvalue weighted by Gasteiger charge is 2.11. The van der Waals surface area contributed by atoms with Gasteiger partial charge in [-0.25, -0.2) is 0 Å². The third kappa shape index (κ3) is 4.32. The predicted octanol–water partition coefficient (Wildman–Crippen LogP) is 2.59. The second-order valence-electron chi connectivity index (χ2n) is 3.85. The molecule has 0 aromatic heterocycles. The molecule has 1 rings (SSSR count). The normalized spacial score (nSPS) is 12.2. The Labute approximate surface area is 108 Å². The number of hydrogen-bond acceptors (Lipinski definition) is 4. The van der Waals surface area contributed by atoms with E-state index in [9.17, 15) is 10.1 Å². The van der Waals surface area contributed by atoms with Crippen LogP contribution in [0.1, 0.15) is 6.92 Å². The topological polar surface area (TPSA) is 64.4 Å². The standard InChI is InChI=1S/C11H15BrN2O3/c1-8(6-13-2)7-17-11-5-9(14(15)16)3-4-10(11)12/h3-5,8,13H,6-7H2,1-2H3. The molecule has 0 aliphatic rings. The maximum absolute atomic E-state index is 10.6. The molecule has 1 atom stereocenters. The van der Waals surface area contributed by atoms with Crippen LogP contribution in [0, 0.1) is 16.0 Å². The van der Waals surface area contributed by atoms with Crippen LogP contribution in [0.2, 0.25) is 0 Å². The molecular formula is C11H15BrN2O3. The molecule has 0 heterocycles. The number of non-ortho nitro benzene ring substituents is 1. The first kappa shape index (κ1) is 13.9. The van der Waals surface area contributed by atoms with Gasteiger partial charge < -0.3 is 10.1 Å². The Morgan fingerprint density at radius 1 is 1.59 bits per heavy atom. The smallest absolute Gasteiger partial charge is 0.273 e. The maximum atomic E-state index is 10.6. The summed E-state index contributed by atoms with van der Waals surface area (Å²) in [6, 6.07) is 4.49. The fraction of sp³-hybridized carbons (Fsp3) is 0.455. The van der Waals surface area contributed by atoms with E-state index >= 15 is 0 Å². The lowest BCUT2D eigenvalue weighted by molar-refractivity contribution is -0.385. The summed E-state index contributed by atoms with van der Waals surface area (Å²) in [5.41, 5.74) is 0.0319. The first-order valence-corrected chi connectivity index (χ1v) is 6.05. The molecule has 0 aliphatic carbocycles. The van der Waals surface area contributed by atoms with Crippen molar-refractivity contribution in [3.63, 3.8) is 0 Å². The Bertz CT molecular complexity index is 398. The molecule has 6 heteroatoms. The summed E-state index contributed by atoms with van der Waals surface area (Å²) in [6.45, 7) is 3.40. The zero-order valence-corrected chi connectivity index (χ0v) is 11.4. The lowest BCUT2D eigenvalue weighted by atomic mass is 10.2. The summed E-state index contributed by atoms with van der Waals surface area (Å²) in [5, 5.41) is 13.7. The molecule has 0 aliphatic heterocycles. The van der Waals surface area contributed by atoms with Crippen LogP contribution in [0.4, 0.5) is 5.69 Å². The zero-order valence-electron chi connectivity index (χ0n) is 9.77. The molecule has 94 valence electrons. The van der Waals surface area contributed by atoms with Gasteiger partial charge in [0.25, 0.3) is 5.69 Å². The molecule has 1 N–H and O–H groups in total. The van der Waals surface area contributed by atoms with Gasteiger partial charge in [-0.15, -0.1) is 0 Å². The summed E-state index contributed by atoms with van der Waals surface area (Å²) in [4.78, 5) is 10.2. The van der Waals surface area contributed by atoms with Crippen LogP contribution in [0.5, 0.6) is 5.75 Å². The largest absolute Gasteiger partial charge is 0.492 e. The van der Waals surface area contributed by atoms with Crippen molar-refractivity contribution in [3.8, 4) is 5.75 Å². The minimum Gasteiger partial charge on any atom is -0.492 e. The molecule has 1 unspecified atom stereocenters. The summed E-state index contributed by atoms with van der Waals surface area (Å²) in [6.07, 6.45) is 0. The molecular weight excluding hydrogens is 288 g/mol. The number of hydrogen-bond donors (Lipinski definition) is 1. The van der Waals surface area contributed by atoms with E-state index in [1.54, 1.807) is 6.07 Å². The van der Waals surface area contributed by atoms with Crippen molar-refractivity contribution in [2.45, 2.75) is 6.92 Å². The van der Waals surface area contributed by atoms with Gasteiger partial charge in [0, 0.05) is 18.5 Å². The summed E-state index contributed by atoms with van der Waals surface area (Å²) in [7, 11) is 1.87. The highest BCUT2D eigenvalue weighted by molar-refractivity contribution is 9.10. The molecule has 1 aromatic rings. The molecule has 1 aromatic carbocycles. The van der Waals surface area contributed by atoms with Crippen molar-refractivity contribution in [1.29, 1.82) is 0 Å². The average Bonchev–Trinajstić information content (AvgIpc) is 2.28. The molecule has 0 radical (unpaired) electrons. The minimum absolute atomic E-state index is 0.0319. The van der Waals surface area contributed by atoms with E-state index in [0.29, 0.717) is 18.3 Å². The quantitative estimate of drug-likeness (QED) is 0.648. The Kier molecular flexibility index (Phi) is 5.37. The highest BCUT2D eigenvalue weighted by Crippen LogP contribution is 2.29. The van der Waals surface area contributed by atoms with Crippen molar-refractivity contribution in [1.82, 2.24) is 5.32 Å². The van der Waals surface area contributed by atoms with Crippen LogP contribution in [-0.2, 0) is 0 Å². The number of nitrogens with one attached hydrogen (secondary N) is 1. The number of benzene rings is 1. The van der Waals surface area contributed by atoms with E-state index in [4.69, 9.17) is 4.74 Å². The number of nitro benzene ring substituents is 1. The number of nitro groups is 1. The highest BCUT2D eigenvalue weighted by atomic mass is 79.9. The van der Waals surface area contributed by atoms with Gasteiger partial charge in [-0.3, -0.25) is 10.1 Å². The zero-order chi connectivity index (χ0) is 12.8. The Morgan fingerprint density at radius 3 is 2.88 bits per heavy atom. The summed E-state index contributed by atoms with van der Waals surface area (Å²) >= 11 is 3.31. The second kappa shape index (κ2) is 6.56. The van der Waals surface area contributed by atoms with Crippen molar-refractivity contribution in [2.24, 2.45) is 5.92 Å². The Balaban J connectivity index is 2.69. The van der Waals surface area contributed by atoms with Crippen LogP contribution >= 0.6 is 15.9 Å². The van der Waals surface area contributed by atoms with E-state index in [1.165, 1.54) is 12.1 Å². The van der Waals surface area contributed by atoms with Crippen LogP contribution in [0.25, 0.3) is 0 Å². The lowest BCUT2D eigenvalue weighted by Crippen LogP contribution is -2.21. The van der Waals surface area contributed by atoms with E-state index in [2.05, 4.69) is 21.2 Å². The lowest BCUT2D eigenvalue weighted by Gasteiger charge is -2.13. The Morgan fingerprint density at radius 2 is 2.29 bits per heavy atom. The van der Waals surface area contributed by atoms with Gasteiger partial charge in [-0.2, -0.15) is 0 Å². The van der Waals surface area contributed by atoms with Crippen LogP contribution in [-0.4, -0.2) is 25.1 Å². The fourth-order valence-corrected chi connectivity index (χ4v) is 1.72. The van der Waals surface area contributed by atoms with Gasteiger partial charge >= 0.3 is 0 Å².